The molecule has 0 unspecified atom stereocenters. The van der Waals surface area contributed by atoms with Crippen molar-refractivity contribution >= 4 is 23.3 Å². The van der Waals surface area contributed by atoms with Crippen LogP contribution >= 0.6 is 11.3 Å². The Bertz CT molecular complexity index is 719. The Morgan fingerprint density at radius 2 is 2.32 bits per heavy atom. The number of rotatable bonds is 6. The van der Waals surface area contributed by atoms with E-state index < -0.39 is 0 Å². The molecule has 2 aromatic rings. The zero-order valence-corrected chi connectivity index (χ0v) is 12.8. The van der Waals surface area contributed by atoms with Gasteiger partial charge in [-0.2, -0.15) is 0 Å². The van der Waals surface area contributed by atoms with E-state index in [2.05, 4.69) is 26.7 Å². The number of nitrogens with two attached hydrogens (primary N) is 1. The van der Waals surface area contributed by atoms with Gasteiger partial charge in [0.1, 0.15) is 5.01 Å². The molecule has 2 aromatic heterocycles. The molecule has 0 aliphatic heterocycles. The lowest BCUT2D eigenvalue weighted by molar-refractivity contribution is 0.227. The third-order valence-electron chi connectivity index (χ3n) is 2.47. The van der Waals surface area contributed by atoms with Crippen LogP contribution in [-0.4, -0.2) is 21.9 Å². The molecule has 0 saturated heterocycles. The summed E-state index contributed by atoms with van der Waals surface area (Å²) >= 11 is 1.51. The minimum Gasteiger partial charge on any atom is -0.405 e. The molecule has 0 atom stereocenters. The molecule has 0 fully saturated rings. The van der Waals surface area contributed by atoms with Gasteiger partial charge in [-0.05, 0) is 37.9 Å². The summed E-state index contributed by atoms with van der Waals surface area (Å²) in [5, 5.41) is 4.86. The topological polar surface area (TPSA) is 85.8 Å². The predicted octanol–water partition coefficient (Wildman–Crippen LogP) is 2.96. The standard InChI is InChI=1S/C15H15N5OS/c1-11(20-21-12(2)18-8-4-6-16)14-10-19-15(22-14)13-5-3-7-17-9-13/h3-10H,2,16H2,1H3/b6-4-,18-8?,20-11+. The van der Waals surface area contributed by atoms with Gasteiger partial charge in [0.15, 0.2) is 0 Å². The van der Waals surface area contributed by atoms with Gasteiger partial charge in [0.2, 0.25) is 5.88 Å². The van der Waals surface area contributed by atoms with Crippen LogP contribution in [0.15, 0.2) is 65.6 Å². The molecule has 0 radical (unpaired) electrons. The maximum atomic E-state index is 5.18. The fourth-order valence-electron chi connectivity index (χ4n) is 1.43. The van der Waals surface area contributed by atoms with Crippen LogP contribution in [0.2, 0.25) is 0 Å². The van der Waals surface area contributed by atoms with Crippen LogP contribution < -0.4 is 5.73 Å². The van der Waals surface area contributed by atoms with E-state index in [0.29, 0.717) is 5.71 Å². The van der Waals surface area contributed by atoms with Gasteiger partial charge < -0.3 is 10.6 Å². The van der Waals surface area contributed by atoms with Gasteiger partial charge in [-0.25, -0.2) is 9.98 Å². The van der Waals surface area contributed by atoms with Crippen molar-refractivity contribution < 1.29 is 4.84 Å². The first kappa shape index (κ1) is 15.6. The molecule has 0 aliphatic carbocycles. The summed E-state index contributed by atoms with van der Waals surface area (Å²) in [6.07, 6.45) is 9.65. The molecular weight excluding hydrogens is 298 g/mol. The van der Waals surface area contributed by atoms with Gasteiger partial charge in [-0.3, -0.25) is 4.98 Å². The smallest absolute Gasteiger partial charge is 0.241 e. The number of aliphatic imine (C=N–C) groups is 1. The molecule has 22 heavy (non-hydrogen) atoms. The molecule has 0 spiro atoms. The maximum Gasteiger partial charge on any atom is 0.241 e. The molecule has 6 nitrogen and oxygen atoms in total. The molecule has 2 N–H and O–H groups in total. The highest BCUT2D eigenvalue weighted by Gasteiger charge is 2.07. The van der Waals surface area contributed by atoms with E-state index in [1.165, 1.54) is 23.8 Å². The average Bonchev–Trinajstić information content (AvgIpc) is 3.04. The largest absolute Gasteiger partial charge is 0.405 e. The van der Waals surface area contributed by atoms with E-state index in [0.717, 1.165) is 15.4 Å². The summed E-state index contributed by atoms with van der Waals surface area (Å²) < 4.78 is 0. The molecule has 7 heteroatoms. The van der Waals surface area contributed by atoms with Crippen LogP contribution in [0.5, 0.6) is 0 Å². The van der Waals surface area contributed by atoms with Crippen LogP contribution in [0.1, 0.15) is 11.8 Å². The summed E-state index contributed by atoms with van der Waals surface area (Å²) in [6, 6.07) is 3.83. The van der Waals surface area contributed by atoms with E-state index in [9.17, 15) is 0 Å². The lowest BCUT2D eigenvalue weighted by atomic mass is 10.3. The zero-order valence-electron chi connectivity index (χ0n) is 12.0. The molecule has 0 bridgehead atoms. The summed E-state index contributed by atoms with van der Waals surface area (Å²) in [5.74, 6) is 0.175. The highest BCUT2D eigenvalue weighted by Crippen LogP contribution is 2.24. The van der Waals surface area contributed by atoms with Crippen molar-refractivity contribution in [3.63, 3.8) is 0 Å². The van der Waals surface area contributed by atoms with Crippen molar-refractivity contribution in [1.82, 2.24) is 9.97 Å². The maximum absolute atomic E-state index is 5.18. The monoisotopic (exact) mass is 313 g/mol. The number of allylic oxidation sites excluding steroid dienone is 1. The van der Waals surface area contributed by atoms with Gasteiger partial charge in [0.05, 0.1) is 10.6 Å². The Morgan fingerprint density at radius 1 is 1.45 bits per heavy atom. The van der Waals surface area contributed by atoms with Crippen LogP contribution in [-0.2, 0) is 4.84 Å². The van der Waals surface area contributed by atoms with E-state index in [1.54, 1.807) is 24.7 Å². The first-order valence-electron chi connectivity index (χ1n) is 6.38. The van der Waals surface area contributed by atoms with Crippen molar-refractivity contribution in [2.45, 2.75) is 6.92 Å². The molecule has 2 heterocycles. The lowest BCUT2D eigenvalue weighted by Crippen LogP contribution is -1.92. The molecule has 2 rings (SSSR count). The fourth-order valence-corrected chi connectivity index (χ4v) is 2.27. The van der Waals surface area contributed by atoms with Crippen LogP contribution in [0.25, 0.3) is 10.6 Å². The van der Waals surface area contributed by atoms with Crippen molar-refractivity contribution in [2.75, 3.05) is 0 Å². The molecule has 0 saturated carbocycles. The van der Waals surface area contributed by atoms with E-state index in [4.69, 9.17) is 10.6 Å². The number of thiazole rings is 1. The number of pyridine rings is 1. The minimum atomic E-state index is 0.175. The summed E-state index contributed by atoms with van der Waals surface area (Å²) in [4.78, 5) is 18.3. The lowest BCUT2D eigenvalue weighted by Gasteiger charge is -1.97. The van der Waals surface area contributed by atoms with Gasteiger partial charge in [0.25, 0.3) is 0 Å². The molecule has 0 amide bonds. The summed E-state index contributed by atoms with van der Waals surface area (Å²) in [5.41, 5.74) is 6.84. The summed E-state index contributed by atoms with van der Waals surface area (Å²) in [6.45, 7) is 5.45. The second kappa shape index (κ2) is 7.84. The third kappa shape index (κ3) is 4.35. The molecule has 112 valence electrons. The second-order valence-corrected chi connectivity index (χ2v) is 5.13. The van der Waals surface area contributed by atoms with Gasteiger partial charge >= 0.3 is 0 Å². The van der Waals surface area contributed by atoms with Crippen LogP contribution in [0.4, 0.5) is 0 Å². The van der Waals surface area contributed by atoms with Crippen LogP contribution in [0.3, 0.4) is 0 Å². The van der Waals surface area contributed by atoms with E-state index >= 15 is 0 Å². The minimum absolute atomic E-state index is 0.175. The van der Waals surface area contributed by atoms with Gasteiger partial charge in [0, 0.05) is 30.4 Å². The highest BCUT2D eigenvalue weighted by atomic mass is 32.1. The first-order valence-corrected chi connectivity index (χ1v) is 7.20. The molecular formula is C15H15N5OS. The van der Waals surface area contributed by atoms with Crippen LogP contribution in [0, 0.1) is 0 Å². The number of hydrogen-bond donors (Lipinski definition) is 1. The molecule has 0 aliphatic rings. The Labute approximate surface area is 132 Å². The number of nitrogens with zero attached hydrogens (tertiary/aromatic N) is 4. The highest BCUT2D eigenvalue weighted by molar-refractivity contribution is 7.17. The zero-order chi connectivity index (χ0) is 15.8. The van der Waals surface area contributed by atoms with E-state index in [-0.39, 0.29) is 5.88 Å². The van der Waals surface area contributed by atoms with Crippen molar-refractivity contribution in [3.8, 4) is 10.6 Å². The Kier molecular flexibility index (Phi) is 5.56. The van der Waals surface area contributed by atoms with Gasteiger partial charge in [-0.15, -0.1) is 11.3 Å². The second-order valence-electron chi connectivity index (χ2n) is 4.10. The quantitative estimate of drug-likeness (QED) is 0.504. The Balaban J connectivity index is 2.04. The average molecular weight is 313 g/mol. The Hall–Kier alpha value is -2.80. The number of hydrogen-bond acceptors (Lipinski definition) is 7. The van der Waals surface area contributed by atoms with Crippen molar-refractivity contribution in [3.05, 3.63) is 60.3 Å². The Morgan fingerprint density at radius 3 is 3.05 bits per heavy atom. The van der Waals surface area contributed by atoms with Crippen molar-refractivity contribution in [1.29, 1.82) is 0 Å². The van der Waals surface area contributed by atoms with Gasteiger partial charge in [-0.1, -0.05) is 5.16 Å². The molecule has 0 aromatic carbocycles. The third-order valence-corrected chi connectivity index (χ3v) is 3.63. The van der Waals surface area contributed by atoms with Crippen molar-refractivity contribution in [2.24, 2.45) is 15.9 Å². The number of oxime groups is 1. The first-order chi connectivity index (χ1) is 10.7. The summed E-state index contributed by atoms with van der Waals surface area (Å²) in [7, 11) is 0. The fraction of sp³-hybridized carbons (Fsp3) is 0.0667. The van der Waals surface area contributed by atoms with E-state index in [1.807, 2.05) is 19.1 Å². The SMILES string of the molecule is C=C(N=C/C=C\N)O/N=C(\C)c1cnc(-c2cccnc2)s1. The normalized spacial score (nSPS) is 12.1. The number of aromatic nitrogens is 2. The predicted molar refractivity (Wildman–Crippen MR) is 89.6 cm³/mol.